The van der Waals surface area contributed by atoms with Crippen LogP contribution in [0.4, 0.5) is 0 Å². The average Bonchev–Trinajstić information content (AvgIpc) is 2.86. The van der Waals surface area contributed by atoms with Crippen molar-refractivity contribution in [1.29, 1.82) is 0 Å². The molecule has 0 fully saturated rings. The summed E-state index contributed by atoms with van der Waals surface area (Å²) in [5, 5.41) is 0. The Kier molecular flexibility index (Phi) is 2.88. The molecule has 0 radical (unpaired) electrons. The Bertz CT molecular complexity index is 445. The van der Waals surface area contributed by atoms with E-state index in [0.717, 1.165) is 17.1 Å². The van der Waals surface area contributed by atoms with E-state index in [4.69, 9.17) is 10.2 Å². The lowest BCUT2D eigenvalue weighted by atomic mass is 10.3. The van der Waals surface area contributed by atoms with Gasteiger partial charge in [0.05, 0.1) is 17.1 Å². The van der Waals surface area contributed by atoms with Gasteiger partial charge in [0.1, 0.15) is 0 Å². The van der Waals surface area contributed by atoms with Crippen molar-refractivity contribution < 1.29 is 4.42 Å². The number of hydrogen-bond donors (Lipinski definition) is 1. The molecule has 2 N–H and O–H groups in total. The van der Waals surface area contributed by atoms with E-state index in [0.29, 0.717) is 5.89 Å². The number of nitrogens with zero attached hydrogens (tertiary/aromatic N) is 1. The third-order valence-corrected chi connectivity index (χ3v) is 3.41. The molecule has 2 aromatic heterocycles. The molecule has 0 aliphatic rings. The van der Waals surface area contributed by atoms with Crippen LogP contribution in [0.2, 0.25) is 0 Å². The van der Waals surface area contributed by atoms with Crippen molar-refractivity contribution in [2.24, 2.45) is 5.73 Å². The van der Waals surface area contributed by atoms with E-state index in [1.807, 2.05) is 6.92 Å². The number of thiophene rings is 1. The highest BCUT2D eigenvalue weighted by atomic mass is 32.1. The molecule has 3 nitrogen and oxygen atoms in total. The van der Waals surface area contributed by atoms with Crippen LogP contribution in [0, 0.1) is 0 Å². The minimum absolute atomic E-state index is 0.149. The molecule has 80 valence electrons. The Morgan fingerprint density at radius 3 is 2.87 bits per heavy atom. The summed E-state index contributed by atoms with van der Waals surface area (Å²) in [6, 6.07) is 4.03. The Hall–Kier alpha value is -1.13. The molecule has 2 heterocycles. The fourth-order valence-electron chi connectivity index (χ4n) is 1.31. The first-order chi connectivity index (χ1) is 7.20. The van der Waals surface area contributed by atoms with Crippen molar-refractivity contribution in [3.8, 4) is 10.6 Å². The summed E-state index contributed by atoms with van der Waals surface area (Å²) in [6.07, 6.45) is 2.79. The van der Waals surface area contributed by atoms with Crippen molar-refractivity contribution in [1.82, 2.24) is 4.98 Å². The molecule has 2 aromatic rings. The predicted molar refractivity (Wildman–Crippen MR) is 61.8 cm³/mol. The minimum Gasteiger partial charge on any atom is -0.438 e. The quantitative estimate of drug-likeness (QED) is 0.868. The van der Waals surface area contributed by atoms with E-state index in [1.165, 1.54) is 4.88 Å². The van der Waals surface area contributed by atoms with Gasteiger partial charge in [-0.1, -0.05) is 6.92 Å². The number of hydrogen-bond acceptors (Lipinski definition) is 4. The first-order valence-corrected chi connectivity index (χ1v) is 5.82. The maximum Gasteiger partial charge on any atom is 0.211 e. The minimum atomic E-state index is -0.149. The zero-order chi connectivity index (χ0) is 10.8. The lowest BCUT2D eigenvalue weighted by Crippen LogP contribution is -2.04. The fraction of sp³-hybridized carbons (Fsp3) is 0.364. The summed E-state index contributed by atoms with van der Waals surface area (Å²) in [7, 11) is 0. The normalized spacial score (nSPS) is 13.0. The van der Waals surface area contributed by atoms with Gasteiger partial charge in [-0.2, -0.15) is 0 Å². The lowest BCUT2D eigenvalue weighted by molar-refractivity contribution is 0.474. The summed E-state index contributed by atoms with van der Waals surface area (Å²) in [5.74, 6) is 1.41. The smallest absolute Gasteiger partial charge is 0.211 e. The van der Waals surface area contributed by atoms with Crippen LogP contribution in [0.5, 0.6) is 0 Å². The van der Waals surface area contributed by atoms with Crippen molar-refractivity contribution in [2.45, 2.75) is 26.3 Å². The Balaban J connectivity index is 2.28. The second kappa shape index (κ2) is 4.16. The number of nitrogens with two attached hydrogens (primary N) is 1. The van der Waals surface area contributed by atoms with Gasteiger partial charge >= 0.3 is 0 Å². The third kappa shape index (κ3) is 2.11. The molecule has 0 saturated heterocycles. The maximum absolute atomic E-state index is 5.68. The first kappa shape index (κ1) is 10.4. The van der Waals surface area contributed by atoms with Gasteiger partial charge < -0.3 is 10.2 Å². The number of rotatable bonds is 3. The summed E-state index contributed by atoms with van der Waals surface area (Å²) >= 11 is 1.74. The summed E-state index contributed by atoms with van der Waals surface area (Å²) < 4.78 is 5.56. The average molecular weight is 222 g/mol. The molecular formula is C11H14N2OS. The van der Waals surface area contributed by atoms with Crippen LogP contribution < -0.4 is 5.73 Å². The summed E-state index contributed by atoms with van der Waals surface area (Å²) in [5.41, 5.74) is 5.68. The first-order valence-electron chi connectivity index (χ1n) is 5.01. The highest BCUT2D eigenvalue weighted by Crippen LogP contribution is 2.29. The monoisotopic (exact) mass is 222 g/mol. The summed E-state index contributed by atoms with van der Waals surface area (Å²) in [4.78, 5) is 6.61. The van der Waals surface area contributed by atoms with Gasteiger partial charge in [-0.3, -0.25) is 0 Å². The van der Waals surface area contributed by atoms with Gasteiger partial charge in [-0.25, -0.2) is 4.98 Å². The molecule has 0 amide bonds. The molecule has 2 rings (SSSR count). The number of oxazole rings is 1. The van der Waals surface area contributed by atoms with Gasteiger partial charge in [0.2, 0.25) is 5.89 Å². The van der Waals surface area contributed by atoms with Crippen molar-refractivity contribution in [3.05, 3.63) is 29.1 Å². The summed E-state index contributed by atoms with van der Waals surface area (Å²) in [6.45, 7) is 4.00. The van der Waals surface area contributed by atoms with Crippen LogP contribution in [-0.4, -0.2) is 4.98 Å². The van der Waals surface area contributed by atoms with E-state index < -0.39 is 0 Å². The zero-order valence-corrected chi connectivity index (χ0v) is 9.67. The van der Waals surface area contributed by atoms with Gasteiger partial charge in [0, 0.05) is 4.88 Å². The Labute approximate surface area is 92.9 Å². The maximum atomic E-state index is 5.68. The van der Waals surface area contributed by atoms with Gasteiger partial charge in [-0.05, 0) is 25.5 Å². The molecule has 0 aromatic carbocycles. The van der Waals surface area contributed by atoms with Crippen LogP contribution in [0.3, 0.4) is 0 Å². The molecule has 0 aliphatic carbocycles. The second-order valence-corrected chi connectivity index (χ2v) is 4.64. The van der Waals surface area contributed by atoms with Gasteiger partial charge in [-0.15, -0.1) is 11.3 Å². The van der Waals surface area contributed by atoms with E-state index in [-0.39, 0.29) is 6.04 Å². The Morgan fingerprint density at radius 2 is 2.33 bits per heavy atom. The van der Waals surface area contributed by atoms with Crippen LogP contribution in [0.25, 0.3) is 10.6 Å². The van der Waals surface area contributed by atoms with Gasteiger partial charge in [0.15, 0.2) is 5.76 Å². The molecule has 4 heteroatoms. The Morgan fingerprint density at radius 1 is 1.53 bits per heavy atom. The molecular weight excluding hydrogens is 208 g/mol. The highest BCUT2D eigenvalue weighted by Gasteiger charge is 2.10. The SMILES string of the molecule is CCc1ccc(-c2cnc(C(C)N)o2)s1. The molecule has 1 unspecified atom stereocenters. The molecule has 1 atom stereocenters. The molecule has 0 bridgehead atoms. The van der Waals surface area contributed by atoms with Gasteiger partial charge in [0.25, 0.3) is 0 Å². The van der Waals surface area contributed by atoms with Crippen LogP contribution in [0.15, 0.2) is 22.7 Å². The van der Waals surface area contributed by atoms with E-state index >= 15 is 0 Å². The standard InChI is InChI=1S/C11H14N2OS/c1-3-8-4-5-10(15-8)9-6-13-11(14-9)7(2)12/h4-7H,3,12H2,1-2H3. The molecule has 0 aliphatic heterocycles. The highest BCUT2D eigenvalue weighted by molar-refractivity contribution is 7.15. The predicted octanol–water partition coefficient (Wildman–Crippen LogP) is 2.99. The fourth-order valence-corrected chi connectivity index (χ4v) is 2.21. The van der Waals surface area contributed by atoms with E-state index in [9.17, 15) is 0 Å². The van der Waals surface area contributed by atoms with Crippen LogP contribution >= 0.6 is 11.3 Å². The molecule has 15 heavy (non-hydrogen) atoms. The topological polar surface area (TPSA) is 52.0 Å². The number of aryl methyl sites for hydroxylation is 1. The number of aromatic nitrogens is 1. The van der Waals surface area contributed by atoms with Crippen molar-refractivity contribution in [3.63, 3.8) is 0 Å². The molecule has 0 spiro atoms. The van der Waals surface area contributed by atoms with Crippen molar-refractivity contribution in [2.75, 3.05) is 0 Å². The molecule has 0 saturated carbocycles. The van der Waals surface area contributed by atoms with E-state index in [1.54, 1.807) is 17.5 Å². The second-order valence-electron chi connectivity index (χ2n) is 3.47. The zero-order valence-electron chi connectivity index (χ0n) is 8.86. The van der Waals surface area contributed by atoms with Crippen LogP contribution in [-0.2, 0) is 6.42 Å². The van der Waals surface area contributed by atoms with E-state index in [2.05, 4.69) is 24.0 Å². The largest absolute Gasteiger partial charge is 0.438 e. The lowest BCUT2D eigenvalue weighted by Gasteiger charge is -1.96. The van der Waals surface area contributed by atoms with Crippen LogP contribution in [0.1, 0.15) is 30.7 Å². The third-order valence-electron chi connectivity index (χ3n) is 2.17. The van der Waals surface area contributed by atoms with Crippen molar-refractivity contribution >= 4 is 11.3 Å².